The molecule has 7 nitrogen and oxygen atoms in total. The molecule has 2 saturated heterocycles. The zero-order valence-corrected chi connectivity index (χ0v) is 19.1. The average Bonchev–Trinajstić information content (AvgIpc) is 3.23. The molecule has 4 rings (SSSR count). The number of piperidine rings is 1. The molecule has 2 aromatic carbocycles. The van der Waals surface area contributed by atoms with Crippen molar-refractivity contribution in [3.63, 3.8) is 0 Å². The van der Waals surface area contributed by atoms with Crippen molar-refractivity contribution in [3.8, 4) is 11.5 Å². The molecule has 0 spiro atoms. The van der Waals surface area contributed by atoms with E-state index in [0.717, 1.165) is 24.3 Å². The van der Waals surface area contributed by atoms with Gasteiger partial charge in [-0.2, -0.15) is 0 Å². The number of carboxylic acids is 1. The van der Waals surface area contributed by atoms with Crippen molar-refractivity contribution in [2.45, 2.75) is 43.9 Å². The van der Waals surface area contributed by atoms with Gasteiger partial charge in [-0.05, 0) is 42.8 Å². The summed E-state index contributed by atoms with van der Waals surface area (Å²) in [5, 5.41) is 9.24. The van der Waals surface area contributed by atoms with Crippen molar-refractivity contribution in [1.82, 2.24) is 0 Å². The summed E-state index contributed by atoms with van der Waals surface area (Å²) < 4.78 is 31.1. The maximum Gasteiger partial charge on any atom is 0.305 e. The van der Waals surface area contributed by atoms with Crippen molar-refractivity contribution >= 4 is 17.3 Å². The molecule has 2 fully saturated rings. The quantitative estimate of drug-likeness (QED) is 0.642. The molecule has 0 aliphatic carbocycles. The predicted molar refractivity (Wildman–Crippen MR) is 124 cm³/mol. The van der Waals surface area contributed by atoms with Crippen molar-refractivity contribution in [2.75, 3.05) is 43.7 Å². The highest BCUT2D eigenvalue weighted by molar-refractivity contribution is 5.69. The molecule has 2 heterocycles. The van der Waals surface area contributed by atoms with E-state index in [-0.39, 0.29) is 30.5 Å². The van der Waals surface area contributed by atoms with Gasteiger partial charge in [0.25, 0.3) is 0 Å². The lowest BCUT2D eigenvalue weighted by molar-refractivity contribution is -0.137. The van der Waals surface area contributed by atoms with Crippen LogP contribution in [0.2, 0.25) is 0 Å². The van der Waals surface area contributed by atoms with Crippen LogP contribution >= 0.6 is 0 Å². The fraction of sp³-hybridized carbons (Fsp3) is 0.480. The molecule has 33 heavy (non-hydrogen) atoms. The summed E-state index contributed by atoms with van der Waals surface area (Å²) in [6.45, 7) is 2.08. The van der Waals surface area contributed by atoms with Crippen LogP contribution in [0.1, 0.15) is 25.7 Å². The number of hydrogen-bond donors (Lipinski definition) is 1. The van der Waals surface area contributed by atoms with Gasteiger partial charge in [-0.3, -0.25) is 4.79 Å². The Morgan fingerprint density at radius 1 is 1.06 bits per heavy atom. The zero-order chi connectivity index (χ0) is 23.4. The van der Waals surface area contributed by atoms with E-state index in [4.69, 9.17) is 14.2 Å². The molecule has 0 radical (unpaired) electrons. The molecular formula is C25H31FN2O5. The van der Waals surface area contributed by atoms with E-state index in [1.54, 1.807) is 26.4 Å². The summed E-state index contributed by atoms with van der Waals surface area (Å²) in [7, 11) is 3.24. The van der Waals surface area contributed by atoms with Gasteiger partial charge in [0.1, 0.15) is 23.4 Å². The van der Waals surface area contributed by atoms with Crippen LogP contribution in [0, 0.1) is 5.82 Å². The summed E-state index contributed by atoms with van der Waals surface area (Å²) in [5.41, 5.74) is 1.53. The highest BCUT2D eigenvalue weighted by Crippen LogP contribution is 2.32. The van der Waals surface area contributed by atoms with Crippen molar-refractivity contribution in [1.29, 1.82) is 0 Å². The lowest BCUT2D eigenvalue weighted by atomic mass is 10.1. The van der Waals surface area contributed by atoms with E-state index in [1.165, 1.54) is 6.07 Å². The third-order valence-electron chi connectivity index (χ3n) is 6.53. The van der Waals surface area contributed by atoms with Crippen LogP contribution < -0.4 is 19.3 Å². The van der Waals surface area contributed by atoms with Crippen LogP contribution in [-0.2, 0) is 9.53 Å². The smallest absolute Gasteiger partial charge is 0.305 e. The lowest BCUT2D eigenvalue weighted by Crippen LogP contribution is -2.38. The fourth-order valence-corrected chi connectivity index (χ4v) is 4.74. The molecule has 0 aromatic heterocycles. The molecule has 2 aromatic rings. The first-order valence-corrected chi connectivity index (χ1v) is 11.3. The average molecular weight is 459 g/mol. The number of rotatable bonds is 8. The second-order valence-corrected chi connectivity index (χ2v) is 8.61. The molecule has 8 heteroatoms. The van der Waals surface area contributed by atoms with E-state index in [0.29, 0.717) is 37.5 Å². The third kappa shape index (κ3) is 5.50. The van der Waals surface area contributed by atoms with Crippen LogP contribution in [0.5, 0.6) is 11.5 Å². The number of nitrogens with zero attached hydrogens (tertiary/aromatic N) is 2. The Kier molecular flexibility index (Phi) is 7.23. The number of ether oxygens (including phenoxy) is 3. The number of carbonyl (C=O) groups is 1. The minimum absolute atomic E-state index is 0.0323. The molecular weight excluding hydrogens is 427 g/mol. The maximum absolute atomic E-state index is 14.3. The van der Waals surface area contributed by atoms with Gasteiger partial charge in [0, 0.05) is 57.4 Å². The first-order valence-electron chi connectivity index (χ1n) is 11.3. The summed E-state index contributed by atoms with van der Waals surface area (Å²) in [6, 6.07) is 12.5. The normalized spacial score (nSPS) is 21.3. The van der Waals surface area contributed by atoms with Gasteiger partial charge in [-0.15, -0.1) is 0 Å². The largest absolute Gasteiger partial charge is 0.497 e. The van der Waals surface area contributed by atoms with E-state index in [9.17, 15) is 14.3 Å². The number of hydrogen-bond acceptors (Lipinski definition) is 6. The summed E-state index contributed by atoms with van der Waals surface area (Å²) in [4.78, 5) is 15.4. The Balaban J connectivity index is 1.34. The summed E-state index contributed by atoms with van der Waals surface area (Å²) in [5.74, 6) is 0.374. The first-order chi connectivity index (χ1) is 16.0. The molecule has 2 aliphatic rings. The molecule has 178 valence electrons. The Morgan fingerprint density at radius 3 is 2.39 bits per heavy atom. The van der Waals surface area contributed by atoms with Crippen LogP contribution in [0.25, 0.3) is 0 Å². The van der Waals surface area contributed by atoms with Crippen molar-refractivity contribution in [2.24, 2.45) is 0 Å². The Hall–Kier alpha value is -3.00. The standard InChI is InChI=1S/C25H31FN2O5/c1-31-21-7-8-23(26)24(15-21)27-11-9-20(10-12-27)33-19-5-3-17(4-6-19)28-16-22(32-2)13-18(28)14-25(29)30/h3-8,15,18,20,22H,9-14,16H2,1-2H3,(H,29,30). The zero-order valence-electron chi connectivity index (χ0n) is 19.1. The third-order valence-corrected chi connectivity index (χ3v) is 6.53. The highest BCUT2D eigenvalue weighted by atomic mass is 19.1. The van der Waals surface area contributed by atoms with E-state index >= 15 is 0 Å². The number of halogens is 1. The summed E-state index contributed by atoms with van der Waals surface area (Å²) in [6.07, 6.45) is 2.47. The van der Waals surface area contributed by atoms with Crippen molar-refractivity contribution in [3.05, 3.63) is 48.3 Å². The second-order valence-electron chi connectivity index (χ2n) is 8.61. The Labute approximate surface area is 193 Å². The molecule has 2 atom stereocenters. The number of benzene rings is 2. The number of anilines is 2. The molecule has 0 bridgehead atoms. The van der Waals surface area contributed by atoms with Gasteiger partial charge >= 0.3 is 5.97 Å². The Morgan fingerprint density at radius 2 is 1.76 bits per heavy atom. The highest BCUT2D eigenvalue weighted by Gasteiger charge is 2.33. The van der Waals surface area contributed by atoms with Crippen LogP contribution in [0.4, 0.5) is 15.8 Å². The van der Waals surface area contributed by atoms with E-state index in [2.05, 4.69) is 4.90 Å². The van der Waals surface area contributed by atoms with Gasteiger partial charge in [-0.1, -0.05) is 0 Å². The topological polar surface area (TPSA) is 71.5 Å². The Bertz CT molecular complexity index is 946. The van der Waals surface area contributed by atoms with Crippen LogP contribution in [-0.4, -0.2) is 63.2 Å². The minimum atomic E-state index is -0.804. The van der Waals surface area contributed by atoms with Crippen molar-refractivity contribution < 1.29 is 28.5 Å². The van der Waals surface area contributed by atoms with Gasteiger partial charge < -0.3 is 29.1 Å². The van der Waals surface area contributed by atoms with Gasteiger partial charge in [0.2, 0.25) is 0 Å². The van der Waals surface area contributed by atoms with Crippen LogP contribution in [0.3, 0.4) is 0 Å². The minimum Gasteiger partial charge on any atom is -0.497 e. The molecule has 0 saturated carbocycles. The monoisotopic (exact) mass is 458 g/mol. The molecule has 2 unspecified atom stereocenters. The lowest BCUT2D eigenvalue weighted by Gasteiger charge is -2.34. The number of methoxy groups -OCH3 is 2. The maximum atomic E-state index is 14.3. The van der Waals surface area contributed by atoms with Gasteiger partial charge in [0.15, 0.2) is 0 Å². The first kappa shape index (κ1) is 23.2. The summed E-state index contributed by atoms with van der Waals surface area (Å²) >= 11 is 0. The number of aliphatic carboxylic acids is 1. The molecule has 2 aliphatic heterocycles. The molecule has 0 amide bonds. The second kappa shape index (κ2) is 10.3. The van der Waals surface area contributed by atoms with E-state index < -0.39 is 5.97 Å². The van der Waals surface area contributed by atoms with Crippen LogP contribution in [0.15, 0.2) is 42.5 Å². The molecule has 1 N–H and O–H groups in total. The SMILES string of the molecule is COc1ccc(F)c(N2CCC(Oc3ccc(N4CC(OC)CC4CC(=O)O)cc3)CC2)c1. The predicted octanol–water partition coefficient (Wildman–Crippen LogP) is 3.95. The van der Waals surface area contributed by atoms with E-state index in [1.807, 2.05) is 29.2 Å². The van der Waals surface area contributed by atoms with Gasteiger partial charge in [-0.25, -0.2) is 4.39 Å². The number of carboxylic acid groups (broad SMARTS) is 1. The van der Waals surface area contributed by atoms with Gasteiger partial charge in [0.05, 0.1) is 25.3 Å². The fourth-order valence-electron chi connectivity index (χ4n) is 4.74.